The van der Waals surface area contributed by atoms with Gasteiger partial charge in [0.1, 0.15) is 11.2 Å². The summed E-state index contributed by atoms with van der Waals surface area (Å²) < 4.78 is 8.53. The van der Waals surface area contributed by atoms with Gasteiger partial charge < -0.3 is 8.98 Å². The number of para-hydroxylation sites is 3. The molecule has 0 bridgehead atoms. The van der Waals surface area contributed by atoms with Crippen molar-refractivity contribution in [3.8, 4) is 39.9 Å². The zero-order valence-electron chi connectivity index (χ0n) is 23.6. The molecule has 0 radical (unpaired) electrons. The van der Waals surface area contributed by atoms with Crippen molar-refractivity contribution >= 4 is 43.7 Å². The van der Waals surface area contributed by atoms with E-state index in [1.807, 2.05) is 66.7 Å². The van der Waals surface area contributed by atoms with Crippen LogP contribution >= 0.6 is 0 Å². The number of fused-ring (bicyclic) bond motifs is 6. The van der Waals surface area contributed by atoms with Crippen LogP contribution in [0.5, 0.6) is 0 Å². The van der Waals surface area contributed by atoms with Gasteiger partial charge in [0.05, 0.1) is 11.0 Å². The molecule has 5 nitrogen and oxygen atoms in total. The van der Waals surface area contributed by atoms with Crippen molar-refractivity contribution in [1.82, 2.24) is 19.5 Å². The third kappa shape index (κ3) is 3.76. The van der Waals surface area contributed by atoms with Crippen molar-refractivity contribution in [2.75, 3.05) is 0 Å². The summed E-state index contributed by atoms with van der Waals surface area (Å²) in [6.45, 7) is 0. The van der Waals surface area contributed by atoms with Crippen LogP contribution in [-0.2, 0) is 0 Å². The Morgan fingerprint density at radius 3 is 1.77 bits per heavy atom. The summed E-state index contributed by atoms with van der Waals surface area (Å²) in [6, 6.07) is 49.7. The van der Waals surface area contributed by atoms with Gasteiger partial charge in [-0.15, -0.1) is 0 Å². The fourth-order valence-corrected chi connectivity index (χ4v) is 6.36. The molecule has 0 N–H and O–H groups in total. The molecule has 206 valence electrons. The van der Waals surface area contributed by atoms with E-state index in [1.54, 1.807) is 0 Å². The van der Waals surface area contributed by atoms with Gasteiger partial charge in [0.25, 0.3) is 0 Å². The highest BCUT2D eigenvalue weighted by Crippen LogP contribution is 2.40. The van der Waals surface area contributed by atoms with E-state index in [0.29, 0.717) is 17.5 Å². The van der Waals surface area contributed by atoms with Crippen LogP contribution in [-0.4, -0.2) is 19.5 Å². The molecule has 5 heteroatoms. The average molecular weight is 565 g/mol. The Kier molecular flexibility index (Phi) is 5.43. The number of benzene rings is 6. The van der Waals surface area contributed by atoms with Crippen LogP contribution in [0.1, 0.15) is 0 Å². The molecule has 0 atom stereocenters. The van der Waals surface area contributed by atoms with E-state index < -0.39 is 0 Å². The van der Waals surface area contributed by atoms with Gasteiger partial charge in [0.2, 0.25) is 0 Å². The van der Waals surface area contributed by atoms with Crippen molar-refractivity contribution in [3.05, 3.63) is 146 Å². The van der Waals surface area contributed by atoms with Crippen LogP contribution in [0, 0.1) is 0 Å². The maximum Gasteiger partial charge on any atom is 0.164 e. The zero-order valence-corrected chi connectivity index (χ0v) is 23.6. The second-order valence-electron chi connectivity index (χ2n) is 10.8. The molecule has 9 rings (SSSR count). The van der Waals surface area contributed by atoms with Crippen LogP contribution in [0.4, 0.5) is 0 Å². The maximum absolute atomic E-state index is 6.22. The molecule has 0 spiro atoms. The summed E-state index contributed by atoms with van der Waals surface area (Å²) in [6.07, 6.45) is 0. The summed E-state index contributed by atoms with van der Waals surface area (Å²) in [5, 5.41) is 4.29. The third-order valence-corrected chi connectivity index (χ3v) is 8.26. The maximum atomic E-state index is 6.22. The number of aromatic nitrogens is 4. The Bertz CT molecular complexity index is 2490. The molecular formula is C39H24N4O. The van der Waals surface area contributed by atoms with E-state index in [0.717, 1.165) is 66.1 Å². The Hall–Kier alpha value is -6.07. The molecule has 9 aromatic rings. The highest BCUT2D eigenvalue weighted by atomic mass is 16.3. The van der Waals surface area contributed by atoms with E-state index in [-0.39, 0.29) is 0 Å². The fourth-order valence-electron chi connectivity index (χ4n) is 6.36. The first kappa shape index (κ1) is 24.5. The van der Waals surface area contributed by atoms with Crippen molar-refractivity contribution in [1.29, 1.82) is 0 Å². The van der Waals surface area contributed by atoms with Gasteiger partial charge in [-0.1, -0.05) is 109 Å². The molecule has 0 aliphatic heterocycles. The van der Waals surface area contributed by atoms with Gasteiger partial charge in [-0.25, -0.2) is 15.0 Å². The van der Waals surface area contributed by atoms with Gasteiger partial charge in [-0.05, 0) is 36.4 Å². The molecule has 3 heterocycles. The number of hydrogen-bond acceptors (Lipinski definition) is 4. The Morgan fingerprint density at radius 1 is 0.409 bits per heavy atom. The van der Waals surface area contributed by atoms with E-state index in [4.69, 9.17) is 19.4 Å². The second-order valence-corrected chi connectivity index (χ2v) is 10.8. The molecule has 0 unspecified atom stereocenters. The van der Waals surface area contributed by atoms with Gasteiger partial charge in [0, 0.05) is 43.9 Å². The predicted octanol–water partition coefficient (Wildman–Crippen LogP) is 9.87. The molecule has 0 aliphatic carbocycles. The first-order chi connectivity index (χ1) is 21.8. The topological polar surface area (TPSA) is 56.7 Å². The van der Waals surface area contributed by atoms with Crippen LogP contribution in [0.15, 0.2) is 150 Å². The smallest absolute Gasteiger partial charge is 0.164 e. The lowest BCUT2D eigenvalue weighted by Gasteiger charge is -2.11. The van der Waals surface area contributed by atoms with E-state index in [9.17, 15) is 0 Å². The normalized spacial score (nSPS) is 11.6. The Labute approximate surface area is 252 Å². The Morgan fingerprint density at radius 2 is 0.977 bits per heavy atom. The SMILES string of the molecule is c1ccc(-c2nc(-c3cccc4oc5ccccc5c34)nc(-c3cccc4c3c3ccccc3n4-c3ccccc3)n2)cc1. The van der Waals surface area contributed by atoms with E-state index in [2.05, 4.69) is 83.4 Å². The molecule has 0 aliphatic rings. The van der Waals surface area contributed by atoms with Crippen LogP contribution in [0.3, 0.4) is 0 Å². The molecule has 44 heavy (non-hydrogen) atoms. The number of nitrogens with zero attached hydrogens (tertiary/aromatic N) is 4. The van der Waals surface area contributed by atoms with E-state index in [1.165, 1.54) is 0 Å². The van der Waals surface area contributed by atoms with Crippen molar-refractivity contribution < 1.29 is 4.42 Å². The minimum atomic E-state index is 0.606. The lowest BCUT2D eigenvalue weighted by atomic mass is 10.0. The summed E-state index contributed by atoms with van der Waals surface area (Å²) >= 11 is 0. The first-order valence-electron chi connectivity index (χ1n) is 14.6. The van der Waals surface area contributed by atoms with Gasteiger partial charge in [0.15, 0.2) is 17.5 Å². The number of hydrogen-bond donors (Lipinski definition) is 0. The lowest BCUT2D eigenvalue weighted by molar-refractivity contribution is 0.669. The first-order valence-corrected chi connectivity index (χ1v) is 14.6. The number of furan rings is 1. The standard InChI is InChI=1S/C39H24N4O/c1-3-13-25(14-4-1)37-40-38(42-39(41-37)30-20-12-24-34-36(30)28-18-8-10-23-33(28)44-34)29-19-11-22-32-35(29)27-17-7-9-21-31(27)43(32)26-15-5-2-6-16-26/h1-24H. The van der Waals surface area contributed by atoms with Gasteiger partial charge >= 0.3 is 0 Å². The Balaban J connectivity index is 1.37. The predicted molar refractivity (Wildman–Crippen MR) is 178 cm³/mol. The van der Waals surface area contributed by atoms with E-state index >= 15 is 0 Å². The van der Waals surface area contributed by atoms with Crippen LogP contribution in [0.25, 0.3) is 83.6 Å². The largest absolute Gasteiger partial charge is 0.456 e. The summed E-state index contributed by atoms with van der Waals surface area (Å²) in [5.41, 5.74) is 7.78. The molecule has 0 amide bonds. The second kappa shape index (κ2) is 9.75. The highest BCUT2D eigenvalue weighted by Gasteiger charge is 2.21. The summed E-state index contributed by atoms with van der Waals surface area (Å²) in [4.78, 5) is 15.4. The van der Waals surface area contributed by atoms with Gasteiger partial charge in [-0.3, -0.25) is 0 Å². The van der Waals surface area contributed by atoms with Crippen molar-refractivity contribution in [3.63, 3.8) is 0 Å². The monoisotopic (exact) mass is 564 g/mol. The lowest BCUT2D eigenvalue weighted by Crippen LogP contribution is -2.01. The molecule has 6 aromatic carbocycles. The summed E-state index contributed by atoms with van der Waals surface area (Å²) in [7, 11) is 0. The minimum Gasteiger partial charge on any atom is -0.456 e. The quantitative estimate of drug-likeness (QED) is 0.213. The molecular weight excluding hydrogens is 540 g/mol. The van der Waals surface area contributed by atoms with Crippen molar-refractivity contribution in [2.45, 2.75) is 0 Å². The highest BCUT2D eigenvalue weighted by molar-refractivity contribution is 6.15. The molecule has 3 aromatic heterocycles. The fraction of sp³-hybridized carbons (Fsp3) is 0. The zero-order chi connectivity index (χ0) is 29.0. The van der Waals surface area contributed by atoms with Gasteiger partial charge in [-0.2, -0.15) is 0 Å². The van der Waals surface area contributed by atoms with Crippen LogP contribution < -0.4 is 0 Å². The molecule has 0 fully saturated rings. The number of rotatable bonds is 4. The average Bonchev–Trinajstić information content (AvgIpc) is 3.65. The third-order valence-electron chi connectivity index (χ3n) is 8.26. The molecule has 0 saturated carbocycles. The molecule has 0 saturated heterocycles. The summed E-state index contributed by atoms with van der Waals surface area (Å²) in [5.74, 6) is 1.86. The van der Waals surface area contributed by atoms with Crippen LogP contribution in [0.2, 0.25) is 0 Å². The van der Waals surface area contributed by atoms with Crippen molar-refractivity contribution in [2.24, 2.45) is 0 Å². The minimum absolute atomic E-state index is 0.606.